The Hall–Kier alpha value is -3.90. The first-order chi connectivity index (χ1) is 15.9. The molecule has 0 unspecified atom stereocenters. The summed E-state index contributed by atoms with van der Waals surface area (Å²) in [5.74, 6) is -4.36. The number of hydrogen-bond donors (Lipinski definition) is 0. The summed E-state index contributed by atoms with van der Waals surface area (Å²) in [5, 5.41) is 0. The molecule has 1 spiro atoms. The van der Waals surface area contributed by atoms with Crippen LogP contribution in [0.15, 0.2) is 78.9 Å². The standard InChI is InChI=1S/C27H19NO5/c1-15-11-13-17(14-12-15)28-25(31)20-21(26(28)32)27(33-22(20)16-7-3-2-4-8-16)23(29)18-9-5-6-10-19(18)24(27)30/h2-14,20-22H,1H3/t20-,21+,22-/m0/s1. The van der Waals surface area contributed by atoms with Crippen LogP contribution in [0.2, 0.25) is 0 Å². The highest BCUT2D eigenvalue weighted by Crippen LogP contribution is 2.57. The van der Waals surface area contributed by atoms with E-state index in [0.29, 0.717) is 11.3 Å². The minimum atomic E-state index is -2.04. The maximum Gasteiger partial charge on any atom is 0.241 e. The Morgan fingerprint density at radius 3 is 1.91 bits per heavy atom. The molecule has 0 bridgehead atoms. The lowest BCUT2D eigenvalue weighted by molar-refractivity contribution is -0.127. The number of rotatable bonds is 2. The van der Waals surface area contributed by atoms with Crippen molar-refractivity contribution in [3.05, 3.63) is 101 Å². The summed E-state index contributed by atoms with van der Waals surface area (Å²) < 4.78 is 6.25. The predicted octanol–water partition coefficient (Wildman–Crippen LogP) is 3.69. The van der Waals surface area contributed by atoms with Crippen LogP contribution >= 0.6 is 0 Å². The maximum absolute atomic E-state index is 13.8. The first-order valence-electron chi connectivity index (χ1n) is 10.8. The molecule has 33 heavy (non-hydrogen) atoms. The molecule has 2 amide bonds. The van der Waals surface area contributed by atoms with E-state index < -0.39 is 46.9 Å². The van der Waals surface area contributed by atoms with E-state index in [1.165, 1.54) is 0 Å². The highest BCUT2D eigenvalue weighted by molar-refractivity contribution is 6.37. The van der Waals surface area contributed by atoms with Crippen LogP contribution in [-0.4, -0.2) is 29.0 Å². The molecule has 162 valence electrons. The van der Waals surface area contributed by atoms with Crippen molar-refractivity contribution < 1.29 is 23.9 Å². The lowest BCUT2D eigenvalue weighted by Crippen LogP contribution is -2.51. The van der Waals surface area contributed by atoms with Gasteiger partial charge in [-0.2, -0.15) is 0 Å². The van der Waals surface area contributed by atoms with Crippen LogP contribution < -0.4 is 4.90 Å². The van der Waals surface area contributed by atoms with Crippen LogP contribution in [0.3, 0.4) is 0 Å². The van der Waals surface area contributed by atoms with Crippen LogP contribution in [0.4, 0.5) is 5.69 Å². The van der Waals surface area contributed by atoms with Crippen molar-refractivity contribution in [1.82, 2.24) is 0 Å². The molecule has 3 aromatic rings. The van der Waals surface area contributed by atoms with Gasteiger partial charge in [0.05, 0.1) is 23.6 Å². The average Bonchev–Trinajstić information content (AvgIpc) is 3.41. The van der Waals surface area contributed by atoms with E-state index in [9.17, 15) is 19.2 Å². The third kappa shape index (κ3) is 2.47. The van der Waals surface area contributed by atoms with Crippen molar-refractivity contribution in [3.63, 3.8) is 0 Å². The molecule has 1 aliphatic carbocycles. The van der Waals surface area contributed by atoms with Gasteiger partial charge < -0.3 is 4.74 Å². The predicted molar refractivity (Wildman–Crippen MR) is 119 cm³/mol. The first kappa shape index (κ1) is 19.8. The topological polar surface area (TPSA) is 80.8 Å². The summed E-state index contributed by atoms with van der Waals surface area (Å²) in [6.45, 7) is 1.91. The number of hydrogen-bond acceptors (Lipinski definition) is 5. The quantitative estimate of drug-likeness (QED) is 0.451. The number of fused-ring (bicyclic) bond motifs is 3. The number of aryl methyl sites for hydroxylation is 1. The summed E-state index contributed by atoms with van der Waals surface area (Å²) >= 11 is 0. The summed E-state index contributed by atoms with van der Waals surface area (Å²) in [5.41, 5.74) is 0.459. The summed E-state index contributed by atoms with van der Waals surface area (Å²) in [6.07, 6.45) is -0.898. The van der Waals surface area contributed by atoms with Crippen molar-refractivity contribution in [2.75, 3.05) is 4.90 Å². The number of anilines is 1. The number of amides is 2. The maximum atomic E-state index is 13.8. The van der Waals surface area contributed by atoms with Crippen molar-refractivity contribution in [3.8, 4) is 0 Å². The van der Waals surface area contributed by atoms with Gasteiger partial charge in [0.25, 0.3) is 0 Å². The van der Waals surface area contributed by atoms with Gasteiger partial charge in [0.2, 0.25) is 29.0 Å². The van der Waals surface area contributed by atoms with Gasteiger partial charge in [-0.15, -0.1) is 0 Å². The fourth-order valence-corrected chi connectivity index (χ4v) is 5.41. The second-order valence-electron chi connectivity index (χ2n) is 8.74. The fraction of sp³-hybridized carbons (Fsp3) is 0.185. The minimum Gasteiger partial charge on any atom is -0.349 e. The molecule has 2 aliphatic heterocycles. The van der Waals surface area contributed by atoms with Crippen molar-refractivity contribution >= 4 is 29.1 Å². The third-order valence-corrected chi connectivity index (χ3v) is 6.94. The first-order valence-corrected chi connectivity index (χ1v) is 10.8. The molecule has 0 saturated carbocycles. The second-order valence-corrected chi connectivity index (χ2v) is 8.74. The van der Waals surface area contributed by atoms with E-state index in [-0.39, 0.29) is 11.1 Å². The molecule has 2 saturated heterocycles. The Morgan fingerprint density at radius 1 is 0.727 bits per heavy atom. The molecule has 0 N–H and O–H groups in total. The average molecular weight is 437 g/mol. The number of benzene rings is 3. The van der Waals surface area contributed by atoms with Crippen LogP contribution in [-0.2, 0) is 14.3 Å². The van der Waals surface area contributed by atoms with E-state index in [0.717, 1.165) is 10.5 Å². The Morgan fingerprint density at radius 2 is 1.30 bits per heavy atom. The van der Waals surface area contributed by atoms with Gasteiger partial charge in [0.1, 0.15) is 0 Å². The molecule has 6 rings (SSSR count). The van der Waals surface area contributed by atoms with Gasteiger partial charge in [-0.05, 0) is 24.6 Å². The number of imide groups is 1. The SMILES string of the molecule is Cc1ccc(N2C(=O)[C@@H]3[C@H](c4ccccc4)OC4(C(=O)c5ccccc5C4=O)[C@H]3C2=O)cc1. The molecule has 2 fully saturated rings. The summed E-state index contributed by atoms with van der Waals surface area (Å²) in [6, 6.07) is 22.5. The molecule has 3 atom stereocenters. The Bertz CT molecular complexity index is 1310. The van der Waals surface area contributed by atoms with Crippen molar-refractivity contribution in [1.29, 1.82) is 0 Å². The van der Waals surface area contributed by atoms with Crippen LogP contribution in [0.5, 0.6) is 0 Å². The Balaban J connectivity index is 1.55. The summed E-state index contributed by atoms with van der Waals surface area (Å²) in [4.78, 5) is 55.9. The largest absolute Gasteiger partial charge is 0.349 e. The molecule has 3 aliphatic rings. The lowest BCUT2D eigenvalue weighted by Gasteiger charge is -2.27. The number of Topliss-reactive ketones (excluding diaryl/α,β-unsaturated/α-hetero) is 2. The molecule has 3 aromatic carbocycles. The number of ether oxygens (including phenoxy) is 1. The van der Waals surface area contributed by atoms with E-state index in [4.69, 9.17) is 4.74 Å². The van der Waals surface area contributed by atoms with Crippen LogP contribution in [0, 0.1) is 18.8 Å². The van der Waals surface area contributed by atoms with Gasteiger partial charge in [0.15, 0.2) is 0 Å². The zero-order chi connectivity index (χ0) is 22.9. The molecule has 6 heteroatoms. The number of nitrogens with zero attached hydrogens (tertiary/aromatic N) is 1. The number of ketones is 2. The van der Waals surface area contributed by atoms with Crippen LogP contribution in [0.25, 0.3) is 0 Å². The molecular formula is C27H19NO5. The highest BCUT2D eigenvalue weighted by atomic mass is 16.5. The van der Waals surface area contributed by atoms with Crippen molar-refractivity contribution in [2.24, 2.45) is 11.8 Å². The highest BCUT2D eigenvalue weighted by Gasteiger charge is 2.74. The van der Waals surface area contributed by atoms with E-state index in [2.05, 4.69) is 0 Å². The monoisotopic (exact) mass is 437 g/mol. The molecule has 2 heterocycles. The Kier molecular flexibility index (Phi) is 4.07. The smallest absolute Gasteiger partial charge is 0.241 e. The van der Waals surface area contributed by atoms with Gasteiger partial charge >= 0.3 is 0 Å². The molecule has 6 nitrogen and oxygen atoms in total. The number of carbonyl (C=O) groups is 4. The van der Waals surface area contributed by atoms with Crippen molar-refractivity contribution in [2.45, 2.75) is 18.6 Å². The second kappa shape index (κ2) is 6.80. The van der Waals surface area contributed by atoms with E-state index >= 15 is 0 Å². The van der Waals surface area contributed by atoms with Gasteiger partial charge in [0, 0.05) is 11.1 Å². The fourth-order valence-electron chi connectivity index (χ4n) is 5.41. The van der Waals surface area contributed by atoms with E-state index in [1.807, 2.05) is 25.1 Å². The lowest BCUT2D eigenvalue weighted by atomic mass is 9.77. The van der Waals surface area contributed by atoms with Crippen LogP contribution in [0.1, 0.15) is 37.9 Å². The minimum absolute atomic E-state index is 0.226. The van der Waals surface area contributed by atoms with Gasteiger partial charge in [-0.25, -0.2) is 4.90 Å². The molecule has 0 radical (unpaired) electrons. The van der Waals surface area contributed by atoms with E-state index in [1.54, 1.807) is 60.7 Å². The molecular weight excluding hydrogens is 418 g/mol. The number of carbonyl (C=O) groups excluding carboxylic acids is 4. The zero-order valence-electron chi connectivity index (χ0n) is 17.7. The van der Waals surface area contributed by atoms with Gasteiger partial charge in [-0.1, -0.05) is 72.3 Å². The zero-order valence-corrected chi connectivity index (χ0v) is 17.7. The molecule has 0 aromatic heterocycles. The third-order valence-electron chi connectivity index (χ3n) is 6.94. The normalized spacial score (nSPS) is 25.1. The Labute approximate surface area is 189 Å². The van der Waals surface area contributed by atoms with Gasteiger partial charge in [-0.3, -0.25) is 19.2 Å². The summed E-state index contributed by atoms with van der Waals surface area (Å²) in [7, 11) is 0.